The van der Waals surface area contributed by atoms with Gasteiger partial charge in [0.2, 0.25) is 0 Å². The molecule has 0 fully saturated rings. The van der Waals surface area contributed by atoms with Crippen LogP contribution >= 0.6 is 0 Å². The van der Waals surface area contributed by atoms with Crippen molar-refractivity contribution in [1.82, 2.24) is 0 Å². The summed E-state index contributed by atoms with van der Waals surface area (Å²) in [4.78, 5) is 0. The first-order valence-electron chi connectivity index (χ1n) is 9.76. The number of methoxy groups -OCH3 is 2. The summed E-state index contributed by atoms with van der Waals surface area (Å²) in [6.45, 7) is 11.8. The first-order chi connectivity index (χ1) is 12.8. The van der Waals surface area contributed by atoms with Crippen LogP contribution in [-0.4, -0.2) is 19.3 Å². The van der Waals surface area contributed by atoms with Crippen LogP contribution in [0.2, 0.25) is 0 Å². The van der Waals surface area contributed by atoms with Crippen molar-refractivity contribution in [3.8, 4) is 5.75 Å². The number of aryl methyl sites for hydroxylation is 2. The number of benzene rings is 2. The van der Waals surface area contributed by atoms with Crippen LogP contribution in [0.4, 0.5) is 0 Å². The van der Waals surface area contributed by atoms with Crippen LogP contribution in [-0.2, 0) is 28.1 Å². The monoisotopic (exact) mass is 370 g/mol. The van der Waals surface area contributed by atoms with E-state index in [4.69, 9.17) is 9.47 Å². The van der Waals surface area contributed by atoms with Crippen LogP contribution in [0.25, 0.3) is 0 Å². The number of phenols is 1. The van der Waals surface area contributed by atoms with Gasteiger partial charge in [0.05, 0.1) is 13.2 Å². The van der Waals surface area contributed by atoms with Crippen molar-refractivity contribution in [3.63, 3.8) is 0 Å². The fourth-order valence-electron chi connectivity index (χ4n) is 4.14. The summed E-state index contributed by atoms with van der Waals surface area (Å²) in [5, 5.41) is 10.4. The molecular weight excluding hydrogens is 336 g/mol. The maximum Gasteiger partial charge on any atom is 0.124 e. The first-order valence-corrected chi connectivity index (χ1v) is 9.76. The zero-order valence-corrected chi connectivity index (χ0v) is 17.9. The molecular formula is C24H34O3. The van der Waals surface area contributed by atoms with Gasteiger partial charge in [-0.2, -0.15) is 0 Å². The third-order valence-electron chi connectivity index (χ3n) is 6.07. The van der Waals surface area contributed by atoms with Crippen LogP contribution in [0.15, 0.2) is 24.3 Å². The van der Waals surface area contributed by atoms with E-state index in [1.807, 2.05) is 6.92 Å². The fraction of sp³-hybridized carbons (Fsp3) is 0.500. The van der Waals surface area contributed by atoms with E-state index in [0.717, 1.165) is 24.0 Å². The van der Waals surface area contributed by atoms with Crippen LogP contribution in [0, 0.1) is 20.8 Å². The molecule has 3 nitrogen and oxygen atoms in total. The Morgan fingerprint density at radius 1 is 0.778 bits per heavy atom. The second kappa shape index (κ2) is 8.90. The summed E-state index contributed by atoms with van der Waals surface area (Å²) in [5.74, 6) is 0.335. The van der Waals surface area contributed by atoms with Gasteiger partial charge < -0.3 is 14.6 Å². The quantitative estimate of drug-likeness (QED) is 0.646. The normalized spacial score (nSPS) is 11.8. The van der Waals surface area contributed by atoms with E-state index < -0.39 is 0 Å². The van der Waals surface area contributed by atoms with Crippen molar-refractivity contribution in [2.75, 3.05) is 14.2 Å². The third kappa shape index (κ3) is 4.04. The third-order valence-corrected chi connectivity index (χ3v) is 6.07. The molecule has 0 aliphatic carbocycles. The summed E-state index contributed by atoms with van der Waals surface area (Å²) in [6.07, 6.45) is 1.96. The van der Waals surface area contributed by atoms with Gasteiger partial charge >= 0.3 is 0 Å². The lowest BCUT2D eigenvalue weighted by atomic mass is 9.69. The van der Waals surface area contributed by atoms with Gasteiger partial charge in [0.1, 0.15) is 5.75 Å². The summed E-state index contributed by atoms with van der Waals surface area (Å²) >= 11 is 0. The van der Waals surface area contributed by atoms with Crippen LogP contribution in [0.3, 0.4) is 0 Å². The maximum absolute atomic E-state index is 10.4. The molecule has 0 aliphatic heterocycles. The van der Waals surface area contributed by atoms with E-state index in [1.54, 1.807) is 14.2 Å². The minimum absolute atomic E-state index is 0.109. The number of aromatic hydroxyl groups is 1. The molecule has 148 valence electrons. The van der Waals surface area contributed by atoms with Crippen LogP contribution in [0.1, 0.15) is 65.6 Å². The molecule has 2 aromatic carbocycles. The van der Waals surface area contributed by atoms with E-state index in [9.17, 15) is 5.11 Å². The Morgan fingerprint density at radius 3 is 1.78 bits per heavy atom. The van der Waals surface area contributed by atoms with Crippen molar-refractivity contribution >= 4 is 0 Å². The molecule has 0 aromatic heterocycles. The zero-order chi connectivity index (χ0) is 20.2. The highest BCUT2D eigenvalue weighted by Gasteiger charge is 2.32. The molecule has 0 heterocycles. The van der Waals surface area contributed by atoms with Gasteiger partial charge in [-0.25, -0.2) is 0 Å². The average Bonchev–Trinajstić information content (AvgIpc) is 2.65. The van der Waals surface area contributed by atoms with Crippen LogP contribution < -0.4 is 0 Å². The number of phenolic OH excluding ortho intramolecular Hbond substituents is 1. The molecule has 0 atom stereocenters. The van der Waals surface area contributed by atoms with Crippen molar-refractivity contribution in [1.29, 1.82) is 0 Å². The molecule has 0 unspecified atom stereocenters. The van der Waals surface area contributed by atoms with E-state index in [-0.39, 0.29) is 5.41 Å². The van der Waals surface area contributed by atoms with Gasteiger partial charge in [-0.3, -0.25) is 0 Å². The van der Waals surface area contributed by atoms with Crippen molar-refractivity contribution in [3.05, 3.63) is 63.2 Å². The van der Waals surface area contributed by atoms with Gasteiger partial charge in [0.25, 0.3) is 0 Å². The summed E-state index contributed by atoms with van der Waals surface area (Å²) in [6, 6.07) is 8.87. The van der Waals surface area contributed by atoms with E-state index in [1.165, 1.54) is 27.8 Å². The first kappa shape index (κ1) is 21.5. The Kier molecular flexibility index (Phi) is 7.07. The topological polar surface area (TPSA) is 38.7 Å². The Labute approximate surface area is 164 Å². The predicted octanol–water partition coefficient (Wildman–Crippen LogP) is 5.72. The molecule has 2 aromatic rings. The van der Waals surface area contributed by atoms with E-state index in [0.29, 0.717) is 19.0 Å². The molecule has 0 bridgehead atoms. The van der Waals surface area contributed by atoms with Crippen molar-refractivity contribution in [2.45, 2.75) is 66.1 Å². The van der Waals surface area contributed by atoms with Gasteiger partial charge in [0, 0.05) is 25.2 Å². The molecule has 3 heteroatoms. The highest BCUT2D eigenvalue weighted by Crippen LogP contribution is 2.42. The van der Waals surface area contributed by atoms with Crippen LogP contribution in [0.5, 0.6) is 5.75 Å². The second-order valence-electron chi connectivity index (χ2n) is 7.53. The number of ether oxygens (including phenoxy) is 2. The molecule has 0 amide bonds. The van der Waals surface area contributed by atoms with Gasteiger partial charge in [-0.15, -0.1) is 0 Å². The largest absolute Gasteiger partial charge is 0.507 e. The molecule has 0 saturated heterocycles. The number of hydrogen-bond donors (Lipinski definition) is 1. The predicted molar refractivity (Wildman–Crippen MR) is 112 cm³/mol. The lowest BCUT2D eigenvalue weighted by molar-refractivity contribution is 0.181. The Hall–Kier alpha value is -1.84. The number of rotatable bonds is 8. The molecule has 0 saturated carbocycles. The Bertz CT molecular complexity index is 725. The molecule has 1 N–H and O–H groups in total. The summed E-state index contributed by atoms with van der Waals surface area (Å²) in [7, 11) is 3.41. The highest BCUT2D eigenvalue weighted by molar-refractivity contribution is 5.51. The van der Waals surface area contributed by atoms with Gasteiger partial charge in [-0.1, -0.05) is 32.0 Å². The smallest absolute Gasteiger partial charge is 0.124 e. The fourth-order valence-corrected chi connectivity index (χ4v) is 4.14. The van der Waals surface area contributed by atoms with E-state index in [2.05, 4.69) is 52.0 Å². The van der Waals surface area contributed by atoms with Crippen molar-refractivity contribution < 1.29 is 14.6 Å². The van der Waals surface area contributed by atoms with Crippen molar-refractivity contribution in [2.24, 2.45) is 0 Å². The average molecular weight is 371 g/mol. The molecule has 0 radical (unpaired) electrons. The molecule has 0 aliphatic rings. The molecule has 27 heavy (non-hydrogen) atoms. The SMILES string of the molecule is CCC(CC)(c1cc(C)c(C)c(COC)c1)c1cc(C)c(O)c(COC)c1. The lowest BCUT2D eigenvalue weighted by Gasteiger charge is -2.35. The summed E-state index contributed by atoms with van der Waals surface area (Å²) in [5.41, 5.74) is 8.01. The maximum atomic E-state index is 10.4. The minimum atomic E-state index is -0.109. The number of hydrogen-bond acceptors (Lipinski definition) is 3. The highest BCUT2D eigenvalue weighted by atomic mass is 16.5. The van der Waals surface area contributed by atoms with Gasteiger partial charge in [0.15, 0.2) is 0 Å². The van der Waals surface area contributed by atoms with Gasteiger partial charge in [-0.05, 0) is 73.1 Å². The molecule has 0 spiro atoms. The standard InChI is InChI=1S/C24H34O3/c1-8-24(9-2,21-10-16(3)18(5)19(12-21)14-26-6)22-11-17(4)23(25)20(13-22)15-27-7/h10-13,25H,8-9,14-15H2,1-7H3. The Balaban J connectivity index is 2.72. The Morgan fingerprint density at radius 2 is 1.26 bits per heavy atom. The summed E-state index contributed by atoms with van der Waals surface area (Å²) < 4.78 is 10.8. The second-order valence-corrected chi connectivity index (χ2v) is 7.53. The minimum Gasteiger partial charge on any atom is -0.507 e. The lowest BCUT2D eigenvalue weighted by Crippen LogP contribution is -2.27. The van der Waals surface area contributed by atoms with E-state index >= 15 is 0 Å². The molecule has 2 rings (SSSR count). The zero-order valence-electron chi connectivity index (χ0n) is 17.9.